The monoisotopic (exact) mass is 356 g/mol. The number of carbonyl (C=O) groups is 1. The van der Waals surface area contributed by atoms with Crippen LogP contribution in [0.25, 0.3) is 0 Å². The van der Waals surface area contributed by atoms with Crippen molar-refractivity contribution in [1.82, 2.24) is 4.57 Å². The molecule has 0 fully saturated rings. The summed E-state index contributed by atoms with van der Waals surface area (Å²) >= 11 is 6.03. The zero-order valence-corrected chi connectivity index (χ0v) is 13.8. The van der Waals surface area contributed by atoms with Crippen molar-refractivity contribution < 1.29 is 9.18 Å². The van der Waals surface area contributed by atoms with Crippen LogP contribution in [0.2, 0.25) is 5.02 Å². The summed E-state index contributed by atoms with van der Waals surface area (Å²) in [6.45, 7) is 0.170. The molecule has 0 aliphatic carbocycles. The summed E-state index contributed by atoms with van der Waals surface area (Å²) in [5.74, 6) is -0.765. The Morgan fingerprint density at radius 2 is 1.88 bits per heavy atom. The van der Waals surface area contributed by atoms with Gasteiger partial charge in [-0.2, -0.15) is 0 Å². The van der Waals surface area contributed by atoms with Crippen molar-refractivity contribution in [2.75, 3.05) is 5.32 Å². The highest BCUT2D eigenvalue weighted by atomic mass is 35.5. The average molecular weight is 357 g/mol. The zero-order valence-electron chi connectivity index (χ0n) is 13.1. The summed E-state index contributed by atoms with van der Waals surface area (Å²) in [7, 11) is 0. The Labute approximate surface area is 148 Å². The first-order valence-electron chi connectivity index (χ1n) is 7.54. The van der Waals surface area contributed by atoms with Gasteiger partial charge in [0.25, 0.3) is 11.5 Å². The van der Waals surface area contributed by atoms with Gasteiger partial charge in [0.15, 0.2) is 0 Å². The summed E-state index contributed by atoms with van der Waals surface area (Å²) in [4.78, 5) is 24.4. The Morgan fingerprint density at radius 1 is 1.08 bits per heavy atom. The summed E-state index contributed by atoms with van der Waals surface area (Å²) in [6.07, 6.45) is 1.44. The third kappa shape index (κ3) is 4.14. The van der Waals surface area contributed by atoms with E-state index in [0.717, 1.165) is 0 Å². The van der Waals surface area contributed by atoms with Crippen LogP contribution in [0, 0.1) is 5.82 Å². The van der Waals surface area contributed by atoms with E-state index >= 15 is 0 Å². The highest BCUT2D eigenvalue weighted by molar-refractivity contribution is 6.33. The van der Waals surface area contributed by atoms with Gasteiger partial charge in [0.1, 0.15) is 5.82 Å². The molecule has 0 spiro atoms. The van der Waals surface area contributed by atoms with E-state index in [1.165, 1.54) is 35.0 Å². The van der Waals surface area contributed by atoms with Crippen molar-refractivity contribution in [1.29, 1.82) is 0 Å². The normalized spacial score (nSPS) is 10.5. The first-order valence-corrected chi connectivity index (χ1v) is 7.91. The van der Waals surface area contributed by atoms with Crippen LogP contribution in [0.5, 0.6) is 0 Å². The molecule has 126 valence electrons. The van der Waals surface area contributed by atoms with E-state index in [1.807, 2.05) is 0 Å². The fourth-order valence-corrected chi connectivity index (χ4v) is 2.56. The Morgan fingerprint density at radius 3 is 2.64 bits per heavy atom. The van der Waals surface area contributed by atoms with Crippen LogP contribution in [-0.2, 0) is 6.54 Å². The highest BCUT2D eigenvalue weighted by Gasteiger charge is 2.10. The lowest BCUT2D eigenvalue weighted by Crippen LogP contribution is -2.22. The van der Waals surface area contributed by atoms with Crippen molar-refractivity contribution in [2.45, 2.75) is 6.54 Å². The molecule has 1 N–H and O–H groups in total. The minimum absolute atomic E-state index is 0.170. The number of amides is 1. The smallest absolute Gasteiger partial charge is 0.257 e. The number of halogens is 2. The maximum absolute atomic E-state index is 13.3. The fraction of sp³-hybridized carbons (Fsp3) is 0.0526. The van der Waals surface area contributed by atoms with Gasteiger partial charge in [-0.15, -0.1) is 0 Å². The number of nitrogens with one attached hydrogen (secondary N) is 1. The molecule has 25 heavy (non-hydrogen) atoms. The van der Waals surface area contributed by atoms with Crippen LogP contribution in [0.3, 0.4) is 0 Å². The standard InChI is InChI=1S/C19H14ClFN2O2/c20-16-6-1-2-7-17(16)22-19(25)14-8-9-18(24)23(12-14)11-13-4-3-5-15(21)10-13/h1-10,12H,11H2,(H,22,25). The quantitative estimate of drug-likeness (QED) is 0.769. The number of rotatable bonds is 4. The van der Waals surface area contributed by atoms with Gasteiger partial charge in [-0.1, -0.05) is 35.9 Å². The number of para-hydroxylation sites is 1. The van der Waals surface area contributed by atoms with Gasteiger partial charge in [-0.05, 0) is 35.9 Å². The Bertz CT molecular complexity index is 985. The molecule has 0 unspecified atom stereocenters. The lowest BCUT2D eigenvalue weighted by molar-refractivity contribution is 0.102. The average Bonchev–Trinajstić information content (AvgIpc) is 2.59. The lowest BCUT2D eigenvalue weighted by atomic mass is 10.2. The third-order valence-corrected chi connectivity index (χ3v) is 3.94. The third-order valence-electron chi connectivity index (χ3n) is 3.61. The Kier molecular flexibility index (Phi) is 4.95. The van der Waals surface area contributed by atoms with Crippen molar-refractivity contribution >= 4 is 23.2 Å². The van der Waals surface area contributed by atoms with Gasteiger partial charge >= 0.3 is 0 Å². The second-order valence-electron chi connectivity index (χ2n) is 5.45. The number of carbonyl (C=O) groups excluding carboxylic acids is 1. The molecule has 3 aromatic rings. The molecular formula is C19H14ClFN2O2. The highest BCUT2D eigenvalue weighted by Crippen LogP contribution is 2.21. The molecule has 0 bridgehead atoms. The first-order chi connectivity index (χ1) is 12.0. The van der Waals surface area contributed by atoms with Crippen molar-refractivity contribution in [3.63, 3.8) is 0 Å². The Hall–Kier alpha value is -2.92. The number of hydrogen-bond donors (Lipinski definition) is 1. The van der Waals surface area contributed by atoms with Crippen LogP contribution in [0.1, 0.15) is 15.9 Å². The maximum Gasteiger partial charge on any atom is 0.257 e. The van der Waals surface area contributed by atoms with Gasteiger partial charge in [0.05, 0.1) is 22.8 Å². The van der Waals surface area contributed by atoms with Gasteiger partial charge in [-0.3, -0.25) is 9.59 Å². The van der Waals surface area contributed by atoms with Crippen molar-refractivity contribution in [3.05, 3.63) is 99.2 Å². The maximum atomic E-state index is 13.3. The minimum Gasteiger partial charge on any atom is -0.321 e. The van der Waals surface area contributed by atoms with Crippen molar-refractivity contribution in [2.24, 2.45) is 0 Å². The zero-order chi connectivity index (χ0) is 17.8. The molecule has 1 amide bonds. The van der Waals surface area contributed by atoms with Crippen LogP contribution in [-0.4, -0.2) is 10.5 Å². The molecule has 0 saturated carbocycles. The molecule has 0 saturated heterocycles. The number of benzene rings is 2. The molecule has 6 heteroatoms. The van der Waals surface area contributed by atoms with Crippen LogP contribution >= 0.6 is 11.6 Å². The predicted molar refractivity (Wildman–Crippen MR) is 95.6 cm³/mol. The molecule has 2 aromatic carbocycles. The summed E-state index contributed by atoms with van der Waals surface area (Å²) in [5, 5.41) is 3.12. The first kappa shape index (κ1) is 16.9. The molecule has 4 nitrogen and oxygen atoms in total. The minimum atomic E-state index is -0.388. The number of pyridine rings is 1. The van der Waals surface area contributed by atoms with Gasteiger partial charge in [0, 0.05) is 12.3 Å². The SMILES string of the molecule is O=C(Nc1ccccc1Cl)c1ccc(=O)n(Cc2cccc(F)c2)c1. The number of aromatic nitrogens is 1. The summed E-state index contributed by atoms with van der Waals surface area (Å²) in [6, 6.07) is 15.6. The fourth-order valence-electron chi connectivity index (χ4n) is 2.38. The van der Waals surface area contributed by atoms with Crippen LogP contribution in [0.15, 0.2) is 71.7 Å². The molecule has 3 rings (SSSR count). The van der Waals surface area contributed by atoms with Crippen LogP contribution in [0.4, 0.5) is 10.1 Å². The topological polar surface area (TPSA) is 51.1 Å². The molecule has 1 heterocycles. The van der Waals surface area contributed by atoms with Gasteiger partial charge in [0.2, 0.25) is 0 Å². The molecule has 0 atom stereocenters. The molecule has 0 aliphatic rings. The van der Waals surface area contributed by atoms with E-state index < -0.39 is 0 Å². The van der Waals surface area contributed by atoms with E-state index in [2.05, 4.69) is 5.32 Å². The van der Waals surface area contributed by atoms with E-state index in [-0.39, 0.29) is 23.8 Å². The Balaban J connectivity index is 1.85. The van der Waals surface area contributed by atoms with E-state index in [9.17, 15) is 14.0 Å². The second-order valence-corrected chi connectivity index (χ2v) is 5.86. The number of hydrogen-bond acceptors (Lipinski definition) is 2. The summed E-state index contributed by atoms with van der Waals surface area (Å²) in [5.41, 5.74) is 1.14. The van der Waals surface area contributed by atoms with Gasteiger partial charge < -0.3 is 9.88 Å². The van der Waals surface area contributed by atoms with Gasteiger partial charge in [-0.25, -0.2) is 4.39 Å². The predicted octanol–water partition coefficient (Wildman–Crippen LogP) is 3.94. The molecule has 0 aliphatic heterocycles. The van der Waals surface area contributed by atoms with Crippen LogP contribution < -0.4 is 10.9 Å². The van der Waals surface area contributed by atoms with E-state index in [0.29, 0.717) is 21.8 Å². The van der Waals surface area contributed by atoms with Crippen molar-refractivity contribution in [3.8, 4) is 0 Å². The molecule has 1 aromatic heterocycles. The number of nitrogens with zero attached hydrogens (tertiary/aromatic N) is 1. The molecule has 0 radical (unpaired) electrons. The number of anilines is 1. The largest absolute Gasteiger partial charge is 0.321 e. The second kappa shape index (κ2) is 7.32. The molecular weight excluding hydrogens is 343 g/mol. The summed E-state index contributed by atoms with van der Waals surface area (Å²) < 4.78 is 14.7. The lowest BCUT2D eigenvalue weighted by Gasteiger charge is -2.10. The van der Waals surface area contributed by atoms with E-state index in [4.69, 9.17) is 11.6 Å². The van der Waals surface area contributed by atoms with E-state index in [1.54, 1.807) is 36.4 Å².